The SMILES string of the molecule is CCCCCCCCC(=O)C1(C)CCCCN1. The first kappa shape index (κ1) is 14.7. The molecule has 0 saturated carbocycles. The van der Waals surface area contributed by atoms with Crippen LogP contribution < -0.4 is 5.32 Å². The molecule has 17 heavy (non-hydrogen) atoms. The predicted octanol–water partition coefficient (Wildman–Crippen LogP) is 3.84. The molecule has 1 saturated heterocycles. The van der Waals surface area contributed by atoms with Crippen molar-refractivity contribution in [3.05, 3.63) is 0 Å². The Kier molecular flexibility index (Phi) is 6.79. The molecule has 2 heteroatoms. The zero-order chi connectivity index (χ0) is 12.6. The Morgan fingerprint density at radius 2 is 1.82 bits per heavy atom. The van der Waals surface area contributed by atoms with E-state index < -0.39 is 0 Å². The van der Waals surface area contributed by atoms with Crippen molar-refractivity contribution in [3.8, 4) is 0 Å². The Morgan fingerprint density at radius 1 is 1.12 bits per heavy atom. The van der Waals surface area contributed by atoms with Gasteiger partial charge in [0.2, 0.25) is 0 Å². The molecule has 1 atom stereocenters. The largest absolute Gasteiger partial charge is 0.305 e. The topological polar surface area (TPSA) is 29.1 Å². The molecule has 0 aromatic carbocycles. The summed E-state index contributed by atoms with van der Waals surface area (Å²) in [4.78, 5) is 12.1. The standard InChI is InChI=1S/C15H29NO/c1-3-4-5-6-7-8-11-14(17)15(2)12-9-10-13-16-15/h16H,3-13H2,1-2H3. The van der Waals surface area contributed by atoms with Crippen LogP contribution in [0.25, 0.3) is 0 Å². The average molecular weight is 239 g/mol. The van der Waals surface area contributed by atoms with Gasteiger partial charge >= 0.3 is 0 Å². The van der Waals surface area contributed by atoms with Gasteiger partial charge in [-0.2, -0.15) is 0 Å². The maximum Gasteiger partial charge on any atom is 0.152 e. The molecule has 0 amide bonds. The van der Waals surface area contributed by atoms with Gasteiger partial charge in [-0.15, -0.1) is 0 Å². The van der Waals surface area contributed by atoms with Crippen LogP contribution in [0.5, 0.6) is 0 Å². The molecule has 100 valence electrons. The number of carbonyl (C=O) groups is 1. The Labute approximate surface area is 107 Å². The zero-order valence-corrected chi connectivity index (χ0v) is 11.7. The molecule has 1 aliphatic rings. The number of hydrogen-bond donors (Lipinski definition) is 1. The first-order chi connectivity index (χ1) is 8.19. The zero-order valence-electron chi connectivity index (χ0n) is 11.7. The molecule has 0 aromatic heterocycles. The Morgan fingerprint density at radius 3 is 2.47 bits per heavy atom. The van der Waals surface area contributed by atoms with Gasteiger partial charge in [0.1, 0.15) is 0 Å². The third-order valence-electron chi connectivity index (χ3n) is 3.99. The monoisotopic (exact) mass is 239 g/mol. The molecule has 1 fully saturated rings. The number of unbranched alkanes of at least 4 members (excludes halogenated alkanes) is 5. The second-order valence-corrected chi connectivity index (χ2v) is 5.66. The lowest BCUT2D eigenvalue weighted by Gasteiger charge is -2.33. The fourth-order valence-electron chi connectivity index (χ4n) is 2.64. The maximum atomic E-state index is 12.1. The number of nitrogens with one attached hydrogen (secondary N) is 1. The van der Waals surface area contributed by atoms with Gasteiger partial charge in [0.15, 0.2) is 5.78 Å². The van der Waals surface area contributed by atoms with Crippen molar-refractivity contribution in [2.75, 3.05) is 6.54 Å². The minimum atomic E-state index is -0.207. The van der Waals surface area contributed by atoms with E-state index in [2.05, 4.69) is 19.2 Å². The van der Waals surface area contributed by atoms with Crippen LogP contribution in [0.3, 0.4) is 0 Å². The molecule has 0 aromatic rings. The quantitative estimate of drug-likeness (QED) is 0.652. The molecule has 1 N–H and O–H groups in total. The molecule has 2 nitrogen and oxygen atoms in total. The summed E-state index contributed by atoms with van der Waals surface area (Å²) >= 11 is 0. The van der Waals surface area contributed by atoms with Crippen LogP contribution in [0.1, 0.15) is 78.1 Å². The molecule has 1 heterocycles. The number of carbonyl (C=O) groups excluding carboxylic acids is 1. The van der Waals surface area contributed by atoms with Gasteiger partial charge in [-0.25, -0.2) is 0 Å². The second kappa shape index (κ2) is 7.86. The highest BCUT2D eigenvalue weighted by Gasteiger charge is 2.32. The van der Waals surface area contributed by atoms with Gasteiger partial charge in [0, 0.05) is 6.42 Å². The molecule has 1 aliphatic heterocycles. The molecule has 1 rings (SSSR count). The van der Waals surface area contributed by atoms with Gasteiger partial charge < -0.3 is 5.32 Å². The maximum absolute atomic E-state index is 12.1. The molecule has 0 aliphatic carbocycles. The summed E-state index contributed by atoms with van der Waals surface area (Å²) in [6.45, 7) is 5.34. The van der Waals surface area contributed by atoms with Crippen LogP contribution in [-0.2, 0) is 4.79 Å². The summed E-state index contributed by atoms with van der Waals surface area (Å²) in [5, 5.41) is 3.41. The fraction of sp³-hybridized carbons (Fsp3) is 0.933. The minimum Gasteiger partial charge on any atom is -0.305 e. The highest BCUT2D eigenvalue weighted by atomic mass is 16.1. The minimum absolute atomic E-state index is 0.207. The van der Waals surface area contributed by atoms with Crippen molar-refractivity contribution < 1.29 is 4.79 Å². The van der Waals surface area contributed by atoms with Crippen LogP contribution in [0.2, 0.25) is 0 Å². The van der Waals surface area contributed by atoms with E-state index in [1.54, 1.807) is 0 Å². The van der Waals surface area contributed by atoms with E-state index in [0.29, 0.717) is 5.78 Å². The van der Waals surface area contributed by atoms with Gasteiger partial charge in [0.05, 0.1) is 5.54 Å². The summed E-state index contributed by atoms with van der Waals surface area (Å²) in [6.07, 6.45) is 11.8. The average Bonchev–Trinajstić information content (AvgIpc) is 2.34. The highest BCUT2D eigenvalue weighted by Crippen LogP contribution is 2.22. The third-order valence-corrected chi connectivity index (χ3v) is 3.99. The Bertz CT molecular complexity index is 219. The van der Waals surface area contributed by atoms with E-state index >= 15 is 0 Å². The number of Topliss-reactive ketones (excluding diaryl/α,β-unsaturated/α-hetero) is 1. The van der Waals surface area contributed by atoms with Gasteiger partial charge in [0.25, 0.3) is 0 Å². The molecule has 0 spiro atoms. The van der Waals surface area contributed by atoms with Crippen molar-refractivity contribution in [1.82, 2.24) is 5.32 Å². The smallest absolute Gasteiger partial charge is 0.152 e. The normalized spacial score (nSPS) is 24.8. The second-order valence-electron chi connectivity index (χ2n) is 5.66. The van der Waals surface area contributed by atoms with E-state index in [1.165, 1.54) is 44.9 Å². The number of hydrogen-bond acceptors (Lipinski definition) is 2. The van der Waals surface area contributed by atoms with E-state index in [1.807, 2.05) is 0 Å². The van der Waals surface area contributed by atoms with Crippen LogP contribution >= 0.6 is 0 Å². The van der Waals surface area contributed by atoms with Crippen molar-refractivity contribution in [3.63, 3.8) is 0 Å². The van der Waals surface area contributed by atoms with Crippen LogP contribution in [0.4, 0.5) is 0 Å². The summed E-state index contributed by atoms with van der Waals surface area (Å²) in [5.74, 6) is 0.438. The van der Waals surface area contributed by atoms with Gasteiger partial charge in [-0.1, -0.05) is 39.0 Å². The third kappa shape index (κ3) is 5.20. The number of rotatable bonds is 8. The number of piperidine rings is 1. The first-order valence-corrected chi connectivity index (χ1v) is 7.47. The summed E-state index contributed by atoms with van der Waals surface area (Å²) in [6, 6.07) is 0. The van der Waals surface area contributed by atoms with Crippen LogP contribution in [0, 0.1) is 0 Å². The van der Waals surface area contributed by atoms with Crippen LogP contribution in [0.15, 0.2) is 0 Å². The van der Waals surface area contributed by atoms with Crippen molar-refractivity contribution in [2.24, 2.45) is 0 Å². The summed E-state index contributed by atoms with van der Waals surface area (Å²) in [5.41, 5.74) is -0.207. The van der Waals surface area contributed by atoms with E-state index in [0.717, 1.165) is 25.8 Å². The lowest BCUT2D eigenvalue weighted by molar-refractivity contribution is -0.125. The van der Waals surface area contributed by atoms with Crippen molar-refractivity contribution >= 4 is 5.78 Å². The van der Waals surface area contributed by atoms with Crippen molar-refractivity contribution in [1.29, 1.82) is 0 Å². The lowest BCUT2D eigenvalue weighted by atomic mass is 9.84. The molecule has 0 radical (unpaired) electrons. The molecular formula is C15H29NO. The fourth-order valence-corrected chi connectivity index (χ4v) is 2.64. The predicted molar refractivity (Wildman–Crippen MR) is 73.3 cm³/mol. The summed E-state index contributed by atoms with van der Waals surface area (Å²) < 4.78 is 0. The first-order valence-electron chi connectivity index (χ1n) is 7.47. The van der Waals surface area contributed by atoms with E-state index in [-0.39, 0.29) is 5.54 Å². The van der Waals surface area contributed by atoms with Crippen molar-refractivity contribution in [2.45, 2.75) is 83.6 Å². The lowest BCUT2D eigenvalue weighted by Crippen LogP contribution is -2.52. The Balaban J connectivity index is 2.11. The van der Waals surface area contributed by atoms with E-state index in [4.69, 9.17) is 0 Å². The molecule has 1 unspecified atom stereocenters. The highest BCUT2D eigenvalue weighted by molar-refractivity contribution is 5.88. The number of ketones is 1. The van der Waals surface area contributed by atoms with Gasteiger partial charge in [-0.05, 0) is 39.2 Å². The van der Waals surface area contributed by atoms with Crippen LogP contribution in [-0.4, -0.2) is 17.9 Å². The summed E-state index contributed by atoms with van der Waals surface area (Å²) in [7, 11) is 0. The Hall–Kier alpha value is -0.370. The molecule has 0 bridgehead atoms. The van der Waals surface area contributed by atoms with E-state index in [9.17, 15) is 4.79 Å². The van der Waals surface area contributed by atoms with Gasteiger partial charge in [-0.3, -0.25) is 4.79 Å². The molecular weight excluding hydrogens is 210 g/mol.